The summed E-state index contributed by atoms with van der Waals surface area (Å²) in [5.74, 6) is 1.83. The minimum atomic E-state index is 0.588. The largest absolute Gasteiger partial charge is 0.456 e. The van der Waals surface area contributed by atoms with Gasteiger partial charge in [-0.3, -0.25) is 0 Å². The summed E-state index contributed by atoms with van der Waals surface area (Å²) < 4.78 is 9.00. The van der Waals surface area contributed by atoms with Crippen molar-refractivity contribution in [3.8, 4) is 39.9 Å². The number of benzene rings is 8. The van der Waals surface area contributed by atoms with E-state index >= 15 is 0 Å². The van der Waals surface area contributed by atoms with E-state index in [1.54, 1.807) is 0 Å². The standard InChI is InChI=1S/C51H33N5O/c1-4-14-34(15-5-1)49-52-50(35-16-6-2-7-17-35)54-51(53-49)36-24-30-43-44-31-29-40(33-48(44)57-47(43)32-36)55(37-18-8-3-9-19-37)38-25-27-39(28-26-38)56-45-22-12-10-20-41(45)42-21-11-13-23-46(42)56/h1-33H. The Morgan fingerprint density at radius 1 is 0.351 bits per heavy atom. The van der Waals surface area contributed by atoms with Gasteiger partial charge < -0.3 is 13.9 Å². The lowest BCUT2D eigenvalue weighted by atomic mass is 10.1. The molecule has 8 aromatic carbocycles. The zero-order chi connectivity index (χ0) is 37.7. The first-order chi connectivity index (χ1) is 28.2. The molecule has 3 aromatic heterocycles. The first-order valence-electron chi connectivity index (χ1n) is 19.0. The molecule has 11 aromatic rings. The van der Waals surface area contributed by atoms with Crippen LogP contribution in [0.15, 0.2) is 205 Å². The van der Waals surface area contributed by atoms with Crippen molar-refractivity contribution >= 4 is 60.8 Å². The number of furan rings is 1. The maximum atomic E-state index is 6.66. The van der Waals surface area contributed by atoms with Gasteiger partial charge in [-0.15, -0.1) is 0 Å². The Kier molecular flexibility index (Phi) is 7.71. The summed E-state index contributed by atoms with van der Waals surface area (Å²) in [6, 6.07) is 69.2. The Morgan fingerprint density at radius 2 is 0.807 bits per heavy atom. The van der Waals surface area contributed by atoms with Crippen molar-refractivity contribution < 1.29 is 4.42 Å². The zero-order valence-electron chi connectivity index (χ0n) is 30.7. The van der Waals surface area contributed by atoms with E-state index in [4.69, 9.17) is 19.4 Å². The van der Waals surface area contributed by atoms with Gasteiger partial charge in [0.2, 0.25) is 0 Å². The summed E-state index contributed by atoms with van der Waals surface area (Å²) in [6.45, 7) is 0. The maximum Gasteiger partial charge on any atom is 0.164 e. The van der Waals surface area contributed by atoms with E-state index in [1.165, 1.54) is 21.8 Å². The van der Waals surface area contributed by atoms with Crippen LogP contribution in [-0.2, 0) is 0 Å². The Balaban J connectivity index is 0.994. The highest BCUT2D eigenvalue weighted by atomic mass is 16.3. The van der Waals surface area contributed by atoms with Crippen molar-refractivity contribution in [2.45, 2.75) is 0 Å². The molecule has 0 N–H and O–H groups in total. The topological polar surface area (TPSA) is 60.0 Å². The molecule has 0 atom stereocenters. The van der Waals surface area contributed by atoms with Gasteiger partial charge in [0.05, 0.1) is 11.0 Å². The molecule has 0 aliphatic carbocycles. The molecule has 0 aliphatic heterocycles. The second kappa shape index (κ2) is 13.5. The van der Waals surface area contributed by atoms with E-state index < -0.39 is 0 Å². The Labute approximate surface area is 328 Å². The number of aromatic nitrogens is 4. The van der Waals surface area contributed by atoms with E-state index in [0.29, 0.717) is 17.5 Å². The number of anilines is 3. The molecule has 6 heteroatoms. The number of rotatable bonds is 7. The van der Waals surface area contributed by atoms with Crippen molar-refractivity contribution in [3.05, 3.63) is 200 Å². The Hall–Kier alpha value is -7.83. The summed E-state index contributed by atoms with van der Waals surface area (Å²) in [6.07, 6.45) is 0. The minimum Gasteiger partial charge on any atom is -0.456 e. The fraction of sp³-hybridized carbons (Fsp3) is 0. The quantitative estimate of drug-likeness (QED) is 0.163. The third-order valence-corrected chi connectivity index (χ3v) is 10.6. The van der Waals surface area contributed by atoms with Gasteiger partial charge in [0.25, 0.3) is 0 Å². The van der Waals surface area contributed by atoms with Crippen LogP contribution < -0.4 is 4.90 Å². The number of nitrogens with zero attached hydrogens (tertiary/aromatic N) is 5. The highest BCUT2D eigenvalue weighted by Crippen LogP contribution is 2.40. The van der Waals surface area contributed by atoms with Gasteiger partial charge in [0.1, 0.15) is 11.2 Å². The van der Waals surface area contributed by atoms with E-state index in [0.717, 1.165) is 61.4 Å². The Morgan fingerprint density at radius 3 is 1.40 bits per heavy atom. The molecule has 0 amide bonds. The van der Waals surface area contributed by atoms with Crippen molar-refractivity contribution in [3.63, 3.8) is 0 Å². The van der Waals surface area contributed by atoms with Crippen molar-refractivity contribution in [1.82, 2.24) is 19.5 Å². The van der Waals surface area contributed by atoms with Crippen LogP contribution in [-0.4, -0.2) is 19.5 Å². The van der Waals surface area contributed by atoms with Gasteiger partial charge in [-0.05, 0) is 72.8 Å². The lowest BCUT2D eigenvalue weighted by Crippen LogP contribution is -2.09. The van der Waals surface area contributed by atoms with Crippen LogP contribution in [0.2, 0.25) is 0 Å². The smallest absolute Gasteiger partial charge is 0.164 e. The van der Waals surface area contributed by atoms with E-state index in [2.05, 4.69) is 137 Å². The molecular weight excluding hydrogens is 699 g/mol. The second-order valence-corrected chi connectivity index (χ2v) is 14.1. The fourth-order valence-electron chi connectivity index (χ4n) is 7.96. The second-order valence-electron chi connectivity index (χ2n) is 14.1. The Bertz CT molecular complexity index is 3120. The van der Waals surface area contributed by atoms with Crippen molar-refractivity contribution in [2.24, 2.45) is 0 Å². The number of para-hydroxylation sites is 3. The van der Waals surface area contributed by atoms with E-state index in [-0.39, 0.29) is 0 Å². The first-order valence-corrected chi connectivity index (χ1v) is 19.0. The summed E-state index contributed by atoms with van der Waals surface area (Å²) >= 11 is 0. The summed E-state index contributed by atoms with van der Waals surface area (Å²) in [7, 11) is 0. The zero-order valence-corrected chi connectivity index (χ0v) is 30.7. The number of fused-ring (bicyclic) bond motifs is 6. The van der Waals surface area contributed by atoms with Crippen LogP contribution in [0.1, 0.15) is 0 Å². The number of hydrogen-bond donors (Lipinski definition) is 0. The summed E-state index contributed by atoms with van der Waals surface area (Å²) in [5, 5.41) is 4.57. The molecule has 6 nitrogen and oxygen atoms in total. The molecule has 3 heterocycles. The third kappa shape index (κ3) is 5.70. The third-order valence-electron chi connectivity index (χ3n) is 10.6. The number of hydrogen-bond acceptors (Lipinski definition) is 5. The van der Waals surface area contributed by atoms with Crippen LogP contribution in [0.5, 0.6) is 0 Å². The monoisotopic (exact) mass is 731 g/mol. The van der Waals surface area contributed by atoms with Gasteiger partial charge in [-0.2, -0.15) is 0 Å². The molecule has 0 aliphatic rings. The van der Waals surface area contributed by atoms with Gasteiger partial charge in [0.15, 0.2) is 17.5 Å². The maximum absolute atomic E-state index is 6.66. The predicted molar refractivity (Wildman–Crippen MR) is 232 cm³/mol. The van der Waals surface area contributed by atoms with E-state index in [9.17, 15) is 0 Å². The van der Waals surface area contributed by atoms with Crippen molar-refractivity contribution in [2.75, 3.05) is 4.90 Å². The fourth-order valence-corrected chi connectivity index (χ4v) is 7.96. The van der Waals surface area contributed by atoms with Crippen LogP contribution in [0.4, 0.5) is 17.1 Å². The highest BCUT2D eigenvalue weighted by molar-refractivity contribution is 6.09. The molecule has 0 spiro atoms. The predicted octanol–water partition coefficient (Wildman–Crippen LogP) is 13.3. The molecule has 0 saturated carbocycles. The summed E-state index contributed by atoms with van der Waals surface area (Å²) in [5.41, 5.74) is 10.9. The van der Waals surface area contributed by atoms with Gasteiger partial charge in [-0.25, -0.2) is 15.0 Å². The van der Waals surface area contributed by atoms with Gasteiger partial charge in [-0.1, -0.05) is 121 Å². The molecule has 268 valence electrons. The van der Waals surface area contributed by atoms with Crippen LogP contribution in [0.3, 0.4) is 0 Å². The molecule has 0 saturated heterocycles. The molecule has 11 rings (SSSR count). The molecular formula is C51H33N5O. The molecule has 0 fully saturated rings. The molecule has 57 heavy (non-hydrogen) atoms. The molecule has 0 unspecified atom stereocenters. The van der Waals surface area contributed by atoms with Crippen LogP contribution in [0.25, 0.3) is 83.6 Å². The normalized spacial score (nSPS) is 11.5. The van der Waals surface area contributed by atoms with Crippen molar-refractivity contribution in [1.29, 1.82) is 0 Å². The van der Waals surface area contributed by atoms with Crippen LogP contribution in [0, 0.1) is 0 Å². The average molecular weight is 732 g/mol. The summed E-state index contributed by atoms with van der Waals surface area (Å²) in [4.78, 5) is 17.0. The molecule has 0 radical (unpaired) electrons. The molecule has 0 bridgehead atoms. The lowest BCUT2D eigenvalue weighted by Gasteiger charge is -2.25. The minimum absolute atomic E-state index is 0.588. The lowest BCUT2D eigenvalue weighted by molar-refractivity contribution is 0.669. The van der Waals surface area contributed by atoms with Gasteiger partial charge in [0, 0.05) is 67.1 Å². The highest BCUT2D eigenvalue weighted by Gasteiger charge is 2.18. The van der Waals surface area contributed by atoms with E-state index in [1.807, 2.05) is 72.8 Å². The first kappa shape index (κ1) is 32.6. The SMILES string of the molecule is c1ccc(-c2nc(-c3ccccc3)nc(-c3ccc4c(c3)oc3cc(N(c5ccccc5)c5ccc(-n6c7ccccc7c7ccccc76)cc5)ccc34)n2)cc1. The van der Waals surface area contributed by atoms with Crippen LogP contribution >= 0.6 is 0 Å². The van der Waals surface area contributed by atoms with Gasteiger partial charge >= 0.3 is 0 Å². The average Bonchev–Trinajstić information content (AvgIpc) is 3.82.